The minimum absolute atomic E-state index is 0.0246. The predicted octanol–water partition coefficient (Wildman–Crippen LogP) is 2.81. The largest absolute Gasteiger partial charge is 0.503 e. The molecule has 0 fully saturated rings. The summed E-state index contributed by atoms with van der Waals surface area (Å²) in [5, 5.41) is 16.1. The van der Waals surface area contributed by atoms with Gasteiger partial charge in [0.15, 0.2) is 11.5 Å². The van der Waals surface area contributed by atoms with E-state index in [1.54, 1.807) is 36.4 Å². The maximum Gasteiger partial charge on any atom is 0.259 e. The lowest BCUT2D eigenvalue weighted by Gasteiger charge is -2.07. The minimum Gasteiger partial charge on any atom is -0.503 e. The van der Waals surface area contributed by atoms with Crippen LogP contribution in [0.3, 0.4) is 0 Å². The minimum atomic E-state index is -0.480. The summed E-state index contributed by atoms with van der Waals surface area (Å²) >= 11 is 6.47. The fourth-order valence-corrected chi connectivity index (χ4v) is 2.87. The summed E-state index contributed by atoms with van der Waals surface area (Å²) < 4.78 is 6.11. The molecule has 0 saturated carbocycles. The molecule has 26 heavy (non-hydrogen) atoms. The fraction of sp³-hybridized carbons (Fsp3) is 0.118. The van der Waals surface area contributed by atoms with E-state index in [2.05, 4.69) is 47.7 Å². The molecule has 0 aromatic heterocycles. The SMILES string of the molecule is COc1cc(/C=N/NC(=O)CNC(=O)c2ccccc2Br)cc(Br)c1O. The van der Waals surface area contributed by atoms with Crippen LogP contribution in [0.2, 0.25) is 0 Å². The van der Waals surface area contributed by atoms with Gasteiger partial charge < -0.3 is 15.2 Å². The second kappa shape index (κ2) is 9.35. The first-order chi connectivity index (χ1) is 12.4. The number of phenolic OH excluding ortho intramolecular Hbond substituents is 1. The Hall–Kier alpha value is -2.39. The van der Waals surface area contributed by atoms with Crippen molar-refractivity contribution in [2.75, 3.05) is 13.7 Å². The molecule has 0 aliphatic rings. The van der Waals surface area contributed by atoms with Gasteiger partial charge in [-0.25, -0.2) is 5.43 Å². The third kappa shape index (κ3) is 5.30. The Balaban J connectivity index is 1.89. The highest BCUT2D eigenvalue weighted by Crippen LogP contribution is 2.34. The highest BCUT2D eigenvalue weighted by molar-refractivity contribution is 9.10. The molecule has 136 valence electrons. The van der Waals surface area contributed by atoms with E-state index in [4.69, 9.17) is 4.74 Å². The number of hydrazone groups is 1. The van der Waals surface area contributed by atoms with E-state index >= 15 is 0 Å². The normalized spacial score (nSPS) is 10.6. The summed E-state index contributed by atoms with van der Waals surface area (Å²) in [5.74, 6) is -0.605. The molecule has 2 rings (SSSR count). The number of ether oxygens (including phenoxy) is 1. The van der Waals surface area contributed by atoms with Crippen LogP contribution in [-0.4, -0.2) is 36.8 Å². The quantitative estimate of drug-likeness (QED) is 0.433. The predicted molar refractivity (Wildman–Crippen MR) is 105 cm³/mol. The van der Waals surface area contributed by atoms with Crippen LogP contribution in [0.15, 0.2) is 50.4 Å². The Morgan fingerprint density at radius 1 is 1.23 bits per heavy atom. The first-order valence-electron chi connectivity index (χ1n) is 7.33. The van der Waals surface area contributed by atoms with Crippen molar-refractivity contribution in [3.63, 3.8) is 0 Å². The van der Waals surface area contributed by atoms with Crippen LogP contribution in [0.25, 0.3) is 0 Å². The molecule has 0 saturated heterocycles. The van der Waals surface area contributed by atoms with Crippen molar-refractivity contribution in [2.45, 2.75) is 0 Å². The first-order valence-corrected chi connectivity index (χ1v) is 8.92. The van der Waals surface area contributed by atoms with Crippen LogP contribution < -0.4 is 15.5 Å². The van der Waals surface area contributed by atoms with Gasteiger partial charge in [0.25, 0.3) is 11.8 Å². The molecule has 2 aromatic rings. The maximum atomic E-state index is 12.0. The summed E-state index contributed by atoms with van der Waals surface area (Å²) in [5.41, 5.74) is 3.35. The van der Waals surface area contributed by atoms with Gasteiger partial charge in [-0.1, -0.05) is 12.1 Å². The molecule has 2 aromatic carbocycles. The lowest BCUT2D eigenvalue weighted by atomic mass is 10.2. The number of carbonyl (C=O) groups excluding carboxylic acids is 2. The molecule has 7 nitrogen and oxygen atoms in total. The molecule has 0 heterocycles. The molecule has 0 radical (unpaired) electrons. The molecule has 0 atom stereocenters. The van der Waals surface area contributed by atoms with Crippen molar-refractivity contribution >= 4 is 49.9 Å². The number of nitrogens with one attached hydrogen (secondary N) is 2. The average Bonchev–Trinajstić information content (AvgIpc) is 2.62. The average molecular weight is 485 g/mol. The number of hydrogen-bond acceptors (Lipinski definition) is 5. The number of amides is 2. The third-order valence-corrected chi connectivity index (χ3v) is 4.50. The van der Waals surface area contributed by atoms with Gasteiger partial charge in [0.2, 0.25) is 0 Å². The van der Waals surface area contributed by atoms with Gasteiger partial charge in [-0.2, -0.15) is 5.10 Å². The second-order valence-electron chi connectivity index (χ2n) is 5.01. The Kier molecular flexibility index (Phi) is 7.16. The standard InChI is InChI=1S/C17H15Br2N3O4/c1-26-14-7-10(6-13(19)16(14)24)8-21-22-15(23)9-20-17(25)11-4-2-3-5-12(11)18/h2-8,24H,9H2,1H3,(H,20,25)(H,22,23)/b21-8+. The lowest BCUT2D eigenvalue weighted by Crippen LogP contribution is -2.35. The van der Waals surface area contributed by atoms with E-state index in [1.165, 1.54) is 13.3 Å². The van der Waals surface area contributed by atoms with Crippen molar-refractivity contribution in [3.8, 4) is 11.5 Å². The number of carbonyl (C=O) groups is 2. The van der Waals surface area contributed by atoms with Crippen LogP contribution in [-0.2, 0) is 4.79 Å². The summed E-state index contributed by atoms with van der Waals surface area (Å²) in [6, 6.07) is 10.1. The molecule has 9 heteroatoms. The zero-order valence-electron chi connectivity index (χ0n) is 13.6. The summed E-state index contributed by atoms with van der Waals surface area (Å²) in [6.07, 6.45) is 1.39. The highest BCUT2D eigenvalue weighted by Gasteiger charge is 2.10. The van der Waals surface area contributed by atoms with E-state index in [0.717, 1.165) is 0 Å². The summed E-state index contributed by atoms with van der Waals surface area (Å²) in [7, 11) is 1.43. The molecule has 0 unspecified atom stereocenters. The zero-order valence-corrected chi connectivity index (χ0v) is 16.8. The van der Waals surface area contributed by atoms with Crippen molar-refractivity contribution in [3.05, 3.63) is 56.5 Å². The fourth-order valence-electron chi connectivity index (χ4n) is 1.94. The van der Waals surface area contributed by atoms with Gasteiger partial charge in [-0.05, 0) is 61.7 Å². The number of phenols is 1. The molecule has 0 spiro atoms. The Labute approximate surface area is 166 Å². The lowest BCUT2D eigenvalue weighted by molar-refractivity contribution is -0.120. The van der Waals surface area contributed by atoms with Crippen molar-refractivity contribution in [2.24, 2.45) is 5.10 Å². The van der Waals surface area contributed by atoms with Crippen molar-refractivity contribution < 1.29 is 19.4 Å². The van der Waals surface area contributed by atoms with Crippen LogP contribution in [0, 0.1) is 0 Å². The molecule has 0 aliphatic heterocycles. The van der Waals surface area contributed by atoms with E-state index in [0.29, 0.717) is 20.1 Å². The smallest absolute Gasteiger partial charge is 0.259 e. The van der Waals surface area contributed by atoms with E-state index < -0.39 is 5.91 Å². The number of benzene rings is 2. The van der Waals surface area contributed by atoms with Crippen LogP contribution >= 0.6 is 31.9 Å². The van der Waals surface area contributed by atoms with E-state index in [-0.39, 0.29) is 24.0 Å². The number of rotatable bonds is 6. The number of nitrogens with zero attached hydrogens (tertiary/aromatic N) is 1. The summed E-state index contributed by atoms with van der Waals surface area (Å²) in [4.78, 5) is 23.8. The molecule has 0 bridgehead atoms. The van der Waals surface area contributed by atoms with Gasteiger partial charge >= 0.3 is 0 Å². The molecule has 2 amide bonds. The molecule has 3 N–H and O–H groups in total. The van der Waals surface area contributed by atoms with Gasteiger partial charge in [-0.15, -0.1) is 0 Å². The van der Waals surface area contributed by atoms with Crippen molar-refractivity contribution in [1.82, 2.24) is 10.7 Å². The number of methoxy groups -OCH3 is 1. The van der Waals surface area contributed by atoms with Gasteiger partial charge in [-0.3, -0.25) is 9.59 Å². The van der Waals surface area contributed by atoms with Crippen LogP contribution in [0.4, 0.5) is 0 Å². The maximum absolute atomic E-state index is 12.0. The summed E-state index contributed by atoms with van der Waals surface area (Å²) in [6.45, 7) is -0.222. The molecule has 0 aliphatic carbocycles. The number of aromatic hydroxyl groups is 1. The third-order valence-electron chi connectivity index (χ3n) is 3.20. The Morgan fingerprint density at radius 2 is 1.96 bits per heavy atom. The number of hydrogen-bond donors (Lipinski definition) is 3. The van der Waals surface area contributed by atoms with Crippen molar-refractivity contribution in [1.29, 1.82) is 0 Å². The van der Waals surface area contributed by atoms with Gasteiger partial charge in [0.1, 0.15) is 0 Å². The monoisotopic (exact) mass is 483 g/mol. The van der Waals surface area contributed by atoms with E-state index in [1.807, 2.05) is 0 Å². The topological polar surface area (TPSA) is 100 Å². The van der Waals surface area contributed by atoms with Crippen LogP contribution in [0.5, 0.6) is 11.5 Å². The Bertz CT molecular complexity index is 856. The number of halogens is 2. The van der Waals surface area contributed by atoms with Gasteiger partial charge in [0, 0.05) is 4.47 Å². The van der Waals surface area contributed by atoms with E-state index in [9.17, 15) is 14.7 Å². The zero-order chi connectivity index (χ0) is 19.1. The van der Waals surface area contributed by atoms with Gasteiger partial charge in [0.05, 0.1) is 29.9 Å². The first kappa shape index (κ1) is 19.9. The Morgan fingerprint density at radius 3 is 2.65 bits per heavy atom. The highest BCUT2D eigenvalue weighted by atomic mass is 79.9. The molecular formula is C17H15Br2N3O4. The van der Waals surface area contributed by atoms with Crippen LogP contribution in [0.1, 0.15) is 15.9 Å². The molecular weight excluding hydrogens is 470 g/mol. The second-order valence-corrected chi connectivity index (χ2v) is 6.72.